The first-order valence-electron chi connectivity index (χ1n) is 8.82. The van der Waals surface area contributed by atoms with Crippen LogP contribution in [0.15, 0.2) is 42.5 Å². The zero-order chi connectivity index (χ0) is 19.6. The van der Waals surface area contributed by atoms with E-state index in [1.807, 2.05) is 49.4 Å². The molecule has 0 saturated carbocycles. The van der Waals surface area contributed by atoms with E-state index in [1.54, 1.807) is 14.2 Å². The van der Waals surface area contributed by atoms with E-state index in [9.17, 15) is 9.59 Å². The third kappa shape index (κ3) is 6.33. The topological polar surface area (TPSA) is 76.7 Å². The Morgan fingerprint density at radius 1 is 0.926 bits per heavy atom. The fraction of sp³-hybridized carbons (Fsp3) is 0.333. The maximum absolute atomic E-state index is 11.9. The molecule has 0 aliphatic heterocycles. The molecule has 6 heteroatoms. The van der Waals surface area contributed by atoms with Gasteiger partial charge in [0, 0.05) is 13.1 Å². The number of benzene rings is 2. The summed E-state index contributed by atoms with van der Waals surface area (Å²) in [6.07, 6.45) is 0.453. The normalized spacial score (nSPS) is 10.2. The molecule has 0 unspecified atom stereocenters. The molecule has 0 heterocycles. The van der Waals surface area contributed by atoms with Crippen LogP contribution in [0.4, 0.5) is 0 Å². The van der Waals surface area contributed by atoms with Gasteiger partial charge >= 0.3 is 0 Å². The van der Waals surface area contributed by atoms with Crippen molar-refractivity contribution in [2.45, 2.75) is 26.3 Å². The summed E-state index contributed by atoms with van der Waals surface area (Å²) in [6, 6.07) is 13.4. The lowest BCUT2D eigenvalue weighted by atomic mass is 10.1. The van der Waals surface area contributed by atoms with Crippen molar-refractivity contribution in [3.05, 3.63) is 59.2 Å². The van der Waals surface area contributed by atoms with Gasteiger partial charge in [0.05, 0.1) is 14.2 Å². The maximum Gasteiger partial charge on any atom is 0.229 e. The van der Waals surface area contributed by atoms with Gasteiger partial charge in [-0.15, -0.1) is 0 Å². The van der Waals surface area contributed by atoms with Crippen molar-refractivity contribution in [1.82, 2.24) is 10.6 Å². The predicted molar refractivity (Wildman–Crippen MR) is 104 cm³/mol. The second-order valence-electron chi connectivity index (χ2n) is 6.17. The zero-order valence-electron chi connectivity index (χ0n) is 16.0. The SMILES string of the molecule is COc1ccc(CCNC(=O)CC(=O)NCc2ccccc2C)cc1OC. The molecule has 27 heavy (non-hydrogen) atoms. The van der Waals surface area contributed by atoms with E-state index in [0.29, 0.717) is 31.0 Å². The summed E-state index contributed by atoms with van der Waals surface area (Å²) >= 11 is 0. The summed E-state index contributed by atoms with van der Waals surface area (Å²) in [4.78, 5) is 23.9. The van der Waals surface area contributed by atoms with Crippen molar-refractivity contribution >= 4 is 11.8 Å². The minimum Gasteiger partial charge on any atom is -0.493 e. The summed E-state index contributed by atoms with van der Waals surface area (Å²) in [5.41, 5.74) is 3.16. The average Bonchev–Trinajstić information content (AvgIpc) is 2.67. The van der Waals surface area contributed by atoms with Crippen LogP contribution < -0.4 is 20.1 Å². The van der Waals surface area contributed by atoms with Crippen molar-refractivity contribution < 1.29 is 19.1 Å². The van der Waals surface area contributed by atoms with Crippen LogP contribution in [-0.2, 0) is 22.6 Å². The molecule has 2 aromatic carbocycles. The van der Waals surface area contributed by atoms with Gasteiger partial charge in [-0.3, -0.25) is 9.59 Å². The second kappa shape index (κ2) is 10.2. The molecular weight excluding hydrogens is 344 g/mol. The molecule has 2 rings (SSSR count). The molecule has 2 aromatic rings. The number of hydrogen-bond acceptors (Lipinski definition) is 4. The van der Waals surface area contributed by atoms with Gasteiger partial charge < -0.3 is 20.1 Å². The largest absolute Gasteiger partial charge is 0.493 e. The molecule has 2 amide bonds. The first-order chi connectivity index (χ1) is 13.0. The third-order valence-corrected chi connectivity index (χ3v) is 4.24. The minimum atomic E-state index is -0.294. The first-order valence-corrected chi connectivity index (χ1v) is 8.82. The number of carbonyl (C=O) groups is 2. The number of ether oxygens (including phenoxy) is 2. The summed E-state index contributed by atoms with van der Waals surface area (Å²) in [5.74, 6) is 0.729. The number of amides is 2. The maximum atomic E-state index is 11.9. The van der Waals surface area contributed by atoms with Gasteiger partial charge in [-0.2, -0.15) is 0 Å². The van der Waals surface area contributed by atoms with Crippen LogP contribution in [0.3, 0.4) is 0 Å². The highest BCUT2D eigenvalue weighted by molar-refractivity contribution is 5.96. The van der Waals surface area contributed by atoms with Crippen LogP contribution in [0.1, 0.15) is 23.1 Å². The van der Waals surface area contributed by atoms with Gasteiger partial charge in [-0.1, -0.05) is 30.3 Å². The van der Waals surface area contributed by atoms with E-state index >= 15 is 0 Å². The van der Waals surface area contributed by atoms with E-state index in [4.69, 9.17) is 9.47 Å². The number of aryl methyl sites for hydroxylation is 1. The van der Waals surface area contributed by atoms with Crippen LogP contribution in [0.2, 0.25) is 0 Å². The molecule has 0 saturated heterocycles. The van der Waals surface area contributed by atoms with Crippen molar-refractivity contribution in [3.63, 3.8) is 0 Å². The summed E-state index contributed by atoms with van der Waals surface area (Å²) < 4.78 is 10.5. The molecule has 0 spiro atoms. The molecule has 6 nitrogen and oxygen atoms in total. The molecule has 144 valence electrons. The third-order valence-electron chi connectivity index (χ3n) is 4.24. The van der Waals surface area contributed by atoms with Crippen LogP contribution in [0.25, 0.3) is 0 Å². The van der Waals surface area contributed by atoms with Crippen molar-refractivity contribution in [3.8, 4) is 11.5 Å². The van der Waals surface area contributed by atoms with Gasteiger partial charge in [-0.25, -0.2) is 0 Å². The van der Waals surface area contributed by atoms with E-state index in [-0.39, 0.29) is 18.2 Å². The number of rotatable bonds is 9. The zero-order valence-corrected chi connectivity index (χ0v) is 16.0. The van der Waals surface area contributed by atoms with Crippen LogP contribution >= 0.6 is 0 Å². The van der Waals surface area contributed by atoms with Gasteiger partial charge in [0.2, 0.25) is 11.8 Å². The summed E-state index contributed by atoms with van der Waals surface area (Å²) in [6.45, 7) is 2.85. The van der Waals surface area contributed by atoms with Gasteiger partial charge in [-0.05, 0) is 42.2 Å². The predicted octanol–water partition coefficient (Wildman–Crippen LogP) is 2.38. The molecular formula is C21H26N2O4. The lowest BCUT2D eigenvalue weighted by Gasteiger charge is -2.10. The number of nitrogens with one attached hydrogen (secondary N) is 2. The monoisotopic (exact) mass is 370 g/mol. The number of hydrogen-bond donors (Lipinski definition) is 2. The van der Waals surface area contributed by atoms with Crippen molar-refractivity contribution in [2.24, 2.45) is 0 Å². The molecule has 0 radical (unpaired) electrons. The van der Waals surface area contributed by atoms with Gasteiger partial charge in [0.25, 0.3) is 0 Å². The molecule has 0 aliphatic rings. The summed E-state index contributed by atoms with van der Waals surface area (Å²) in [7, 11) is 3.17. The molecule has 0 fully saturated rings. The first kappa shape index (κ1) is 20.3. The average molecular weight is 370 g/mol. The number of carbonyl (C=O) groups excluding carboxylic acids is 2. The molecule has 0 atom stereocenters. The van der Waals surface area contributed by atoms with Gasteiger partial charge in [0.1, 0.15) is 6.42 Å². The quantitative estimate of drug-likeness (QED) is 0.665. The lowest BCUT2D eigenvalue weighted by molar-refractivity contribution is -0.129. The van der Waals surface area contributed by atoms with Crippen LogP contribution in [-0.4, -0.2) is 32.6 Å². The van der Waals surface area contributed by atoms with E-state index < -0.39 is 0 Å². The Morgan fingerprint density at radius 3 is 2.33 bits per heavy atom. The van der Waals surface area contributed by atoms with Crippen molar-refractivity contribution in [2.75, 3.05) is 20.8 Å². The lowest BCUT2D eigenvalue weighted by Crippen LogP contribution is -2.32. The highest BCUT2D eigenvalue weighted by atomic mass is 16.5. The fourth-order valence-electron chi connectivity index (χ4n) is 2.66. The standard InChI is InChI=1S/C21H26N2O4/c1-15-6-4-5-7-17(15)14-23-21(25)13-20(24)22-11-10-16-8-9-18(26-2)19(12-16)27-3/h4-9,12H,10-11,13-14H2,1-3H3,(H,22,24)(H,23,25). The van der Waals surface area contributed by atoms with Crippen molar-refractivity contribution in [1.29, 1.82) is 0 Å². The Kier molecular flexibility index (Phi) is 7.67. The molecule has 2 N–H and O–H groups in total. The second-order valence-corrected chi connectivity index (χ2v) is 6.17. The smallest absolute Gasteiger partial charge is 0.229 e. The molecule has 0 aromatic heterocycles. The molecule has 0 aliphatic carbocycles. The Balaban J connectivity index is 1.73. The summed E-state index contributed by atoms with van der Waals surface area (Å²) in [5, 5.41) is 5.54. The van der Waals surface area contributed by atoms with Gasteiger partial charge in [0.15, 0.2) is 11.5 Å². The van der Waals surface area contributed by atoms with Crippen LogP contribution in [0, 0.1) is 6.92 Å². The molecule has 0 bridgehead atoms. The van der Waals surface area contributed by atoms with Crippen LogP contribution in [0.5, 0.6) is 11.5 Å². The highest BCUT2D eigenvalue weighted by Gasteiger charge is 2.10. The highest BCUT2D eigenvalue weighted by Crippen LogP contribution is 2.27. The van der Waals surface area contributed by atoms with E-state index in [0.717, 1.165) is 16.7 Å². The Labute approximate surface area is 159 Å². The Morgan fingerprint density at radius 2 is 1.63 bits per heavy atom. The Bertz CT molecular complexity index is 790. The van der Waals surface area contributed by atoms with E-state index in [1.165, 1.54) is 0 Å². The van der Waals surface area contributed by atoms with E-state index in [2.05, 4.69) is 10.6 Å². The number of methoxy groups -OCH3 is 2. The minimum absolute atomic E-state index is 0.183. The Hall–Kier alpha value is -3.02. The fourth-order valence-corrected chi connectivity index (χ4v) is 2.66.